The molecule has 0 aliphatic carbocycles. The van der Waals surface area contributed by atoms with Gasteiger partial charge in [-0.2, -0.15) is 0 Å². The highest BCUT2D eigenvalue weighted by Crippen LogP contribution is 2.12. The lowest BCUT2D eigenvalue weighted by Gasteiger charge is -2.20. The minimum Gasteiger partial charge on any atom is -0.308 e. The van der Waals surface area contributed by atoms with Crippen LogP contribution in [-0.2, 0) is 6.54 Å². The lowest BCUT2D eigenvalue weighted by atomic mass is 10.1. The van der Waals surface area contributed by atoms with Crippen molar-refractivity contribution in [3.63, 3.8) is 0 Å². The van der Waals surface area contributed by atoms with E-state index in [1.807, 2.05) is 6.07 Å². The molecule has 1 N–H and O–H groups in total. The van der Waals surface area contributed by atoms with E-state index in [1.54, 1.807) is 0 Å². The fourth-order valence-corrected chi connectivity index (χ4v) is 1.46. The molecule has 1 rings (SSSR count). The van der Waals surface area contributed by atoms with Gasteiger partial charge in [-0.05, 0) is 38.5 Å². The second-order valence-electron chi connectivity index (χ2n) is 4.23. The van der Waals surface area contributed by atoms with Gasteiger partial charge in [-0.3, -0.25) is 0 Å². The van der Waals surface area contributed by atoms with E-state index in [0.29, 0.717) is 0 Å². The highest BCUT2D eigenvalue weighted by Gasteiger charge is 2.07. The summed E-state index contributed by atoms with van der Waals surface area (Å²) in [6.07, 6.45) is 0. The van der Waals surface area contributed by atoms with Crippen LogP contribution >= 0.6 is 28.3 Å². The molecule has 1 aromatic carbocycles. The number of hydrogen-bond donors (Lipinski definition) is 1. The molecule has 0 saturated carbocycles. The van der Waals surface area contributed by atoms with Crippen LogP contribution in [0.15, 0.2) is 28.7 Å². The third-order valence-corrected chi connectivity index (χ3v) is 2.21. The molecule has 0 aromatic heterocycles. The van der Waals surface area contributed by atoms with E-state index in [2.05, 4.69) is 60.2 Å². The van der Waals surface area contributed by atoms with Crippen LogP contribution in [0.1, 0.15) is 26.3 Å². The second-order valence-corrected chi connectivity index (χ2v) is 5.15. The molecule has 0 spiro atoms. The summed E-state index contributed by atoms with van der Waals surface area (Å²) in [5.41, 5.74) is 1.49. The summed E-state index contributed by atoms with van der Waals surface area (Å²) in [5, 5.41) is 3.44. The fourth-order valence-electron chi connectivity index (χ4n) is 1.01. The van der Waals surface area contributed by atoms with Crippen molar-refractivity contribution in [3.8, 4) is 0 Å². The van der Waals surface area contributed by atoms with Gasteiger partial charge in [-0.25, -0.2) is 0 Å². The lowest BCUT2D eigenvalue weighted by Crippen LogP contribution is -2.35. The molecule has 3 heteroatoms. The van der Waals surface area contributed by atoms with Crippen LogP contribution in [0.4, 0.5) is 0 Å². The van der Waals surface area contributed by atoms with Crippen LogP contribution in [0.2, 0.25) is 0 Å². The second kappa shape index (κ2) is 5.74. The Morgan fingerprint density at radius 1 is 1.29 bits per heavy atom. The Labute approximate surface area is 101 Å². The Kier molecular flexibility index (Phi) is 5.72. The van der Waals surface area contributed by atoms with E-state index in [1.165, 1.54) is 5.56 Å². The van der Waals surface area contributed by atoms with Crippen LogP contribution in [0.5, 0.6) is 0 Å². The Morgan fingerprint density at radius 2 is 1.93 bits per heavy atom. The minimum atomic E-state index is 0. The van der Waals surface area contributed by atoms with E-state index in [0.717, 1.165) is 11.0 Å². The molecular weight excluding hydrogens is 261 g/mol. The summed E-state index contributed by atoms with van der Waals surface area (Å²) in [6.45, 7) is 7.43. The zero-order valence-corrected chi connectivity index (χ0v) is 11.2. The first-order valence-corrected chi connectivity index (χ1v) is 5.26. The van der Waals surface area contributed by atoms with Crippen molar-refractivity contribution in [3.05, 3.63) is 34.3 Å². The maximum Gasteiger partial charge on any atom is 0.0210 e. The van der Waals surface area contributed by atoms with E-state index in [-0.39, 0.29) is 17.9 Å². The van der Waals surface area contributed by atoms with Crippen LogP contribution < -0.4 is 5.32 Å². The summed E-state index contributed by atoms with van der Waals surface area (Å²) in [4.78, 5) is 0. The molecule has 0 radical (unpaired) electrons. The maximum absolute atomic E-state index is 3.45. The topological polar surface area (TPSA) is 12.0 Å². The molecular formula is C11H17BrClN. The van der Waals surface area contributed by atoms with Crippen LogP contribution in [-0.4, -0.2) is 5.54 Å². The Bertz CT molecular complexity index is 281. The van der Waals surface area contributed by atoms with Gasteiger partial charge in [0.2, 0.25) is 0 Å². The predicted octanol–water partition coefficient (Wildman–Crippen LogP) is 3.76. The molecule has 0 fully saturated rings. The fraction of sp³-hybridized carbons (Fsp3) is 0.455. The summed E-state index contributed by atoms with van der Waals surface area (Å²) in [5.74, 6) is 0. The molecule has 14 heavy (non-hydrogen) atoms. The van der Waals surface area contributed by atoms with Gasteiger partial charge in [0.05, 0.1) is 0 Å². The number of halogens is 2. The first kappa shape index (κ1) is 13.9. The first-order chi connectivity index (χ1) is 5.97. The molecule has 0 aliphatic heterocycles. The molecule has 0 aliphatic rings. The Morgan fingerprint density at radius 3 is 2.43 bits per heavy atom. The summed E-state index contributed by atoms with van der Waals surface area (Å²) in [7, 11) is 0. The largest absolute Gasteiger partial charge is 0.308 e. The van der Waals surface area contributed by atoms with Crippen LogP contribution in [0.3, 0.4) is 0 Å². The van der Waals surface area contributed by atoms with Crippen molar-refractivity contribution in [2.45, 2.75) is 32.9 Å². The highest BCUT2D eigenvalue weighted by atomic mass is 79.9. The number of benzene rings is 1. The zero-order valence-electron chi connectivity index (χ0n) is 8.80. The highest BCUT2D eigenvalue weighted by molar-refractivity contribution is 9.10. The van der Waals surface area contributed by atoms with Crippen molar-refractivity contribution in [2.24, 2.45) is 0 Å². The number of rotatable bonds is 2. The molecule has 0 heterocycles. The molecule has 0 bridgehead atoms. The smallest absolute Gasteiger partial charge is 0.0210 e. The SMILES string of the molecule is CC(C)(C)NCc1cccc(Br)c1.Cl. The average Bonchev–Trinajstić information content (AvgIpc) is 2.00. The molecule has 0 saturated heterocycles. The van der Waals surface area contributed by atoms with Crippen molar-refractivity contribution in [1.82, 2.24) is 5.32 Å². The normalized spacial score (nSPS) is 10.9. The molecule has 80 valence electrons. The first-order valence-electron chi connectivity index (χ1n) is 4.47. The molecule has 0 amide bonds. The van der Waals surface area contributed by atoms with Gasteiger partial charge < -0.3 is 5.32 Å². The molecule has 0 atom stereocenters. The standard InChI is InChI=1S/C11H16BrN.ClH/c1-11(2,3)13-8-9-5-4-6-10(12)7-9;/h4-7,13H,8H2,1-3H3;1H. The van der Waals surface area contributed by atoms with Gasteiger partial charge >= 0.3 is 0 Å². The molecule has 1 aromatic rings. The zero-order chi connectivity index (χ0) is 9.90. The van der Waals surface area contributed by atoms with E-state index < -0.39 is 0 Å². The van der Waals surface area contributed by atoms with Gasteiger partial charge in [0.25, 0.3) is 0 Å². The van der Waals surface area contributed by atoms with Crippen molar-refractivity contribution in [2.75, 3.05) is 0 Å². The van der Waals surface area contributed by atoms with Gasteiger partial charge in [0.1, 0.15) is 0 Å². The Hall–Kier alpha value is -0.0500. The van der Waals surface area contributed by atoms with Gasteiger partial charge in [-0.1, -0.05) is 28.1 Å². The van der Waals surface area contributed by atoms with Crippen molar-refractivity contribution < 1.29 is 0 Å². The van der Waals surface area contributed by atoms with E-state index >= 15 is 0 Å². The summed E-state index contributed by atoms with van der Waals surface area (Å²) < 4.78 is 1.14. The van der Waals surface area contributed by atoms with Crippen LogP contribution in [0.25, 0.3) is 0 Å². The van der Waals surface area contributed by atoms with Crippen molar-refractivity contribution >= 4 is 28.3 Å². The van der Waals surface area contributed by atoms with Crippen LogP contribution in [0, 0.1) is 0 Å². The predicted molar refractivity (Wildman–Crippen MR) is 68.0 cm³/mol. The number of hydrogen-bond acceptors (Lipinski definition) is 1. The third-order valence-electron chi connectivity index (χ3n) is 1.71. The average molecular weight is 279 g/mol. The molecule has 0 unspecified atom stereocenters. The van der Waals surface area contributed by atoms with Gasteiger partial charge in [-0.15, -0.1) is 12.4 Å². The summed E-state index contributed by atoms with van der Waals surface area (Å²) in [6, 6.07) is 8.37. The van der Waals surface area contributed by atoms with E-state index in [9.17, 15) is 0 Å². The minimum absolute atomic E-state index is 0. The maximum atomic E-state index is 3.45. The summed E-state index contributed by atoms with van der Waals surface area (Å²) >= 11 is 3.45. The number of nitrogens with one attached hydrogen (secondary N) is 1. The molecule has 1 nitrogen and oxygen atoms in total. The lowest BCUT2D eigenvalue weighted by molar-refractivity contribution is 0.424. The van der Waals surface area contributed by atoms with Gasteiger partial charge in [0.15, 0.2) is 0 Å². The van der Waals surface area contributed by atoms with Gasteiger partial charge in [0, 0.05) is 16.6 Å². The third kappa shape index (κ3) is 5.63. The van der Waals surface area contributed by atoms with Crippen molar-refractivity contribution in [1.29, 1.82) is 0 Å². The quantitative estimate of drug-likeness (QED) is 0.868. The van der Waals surface area contributed by atoms with E-state index in [4.69, 9.17) is 0 Å². The monoisotopic (exact) mass is 277 g/mol. The Balaban J connectivity index is 0.00000169.